The van der Waals surface area contributed by atoms with Gasteiger partial charge in [0, 0.05) is 45.0 Å². The zero-order valence-electron chi connectivity index (χ0n) is 15.9. The molecular formula is C22H28FN3O. The topological polar surface area (TPSA) is 35.6 Å². The minimum Gasteiger partial charge on any atom is -0.369 e. The zero-order chi connectivity index (χ0) is 19.1. The van der Waals surface area contributed by atoms with Crippen LogP contribution in [0, 0.1) is 5.82 Å². The molecule has 144 valence electrons. The Morgan fingerprint density at radius 1 is 1.04 bits per heavy atom. The number of benzene rings is 2. The van der Waals surface area contributed by atoms with Crippen LogP contribution in [0.3, 0.4) is 0 Å². The molecule has 0 radical (unpaired) electrons. The van der Waals surface area contributed by atoms with Gasteiger partial charge in [-0.3, -0.25) is 9.69 Å². The molecule has 0 unspecified atom stereocenters. The van der Waals surface area contributed by atoms with Gasteiger partial charge in [-0.1, -0.05) is 37.3 Å². The van der Waals surface area contributed by atoms with Gasteiger partial charge in [0.05, 0.1) is 5.92 Å². The molecule has 3 rings (SSSR count). The maximum absolute atomic E-state index is 13.1. The van der Waals surface area contributed by atoms with Crippen molar-refractivity contribution < 1.29 is 9.18 Å². The molecule has 0 saturated carbocycles. The molecule has 1 heterocycles. The number of nitrogens with zero attached hydrogens (tertiary/aromatic N) is 2. The number of anilines is 1. The van der Waals surface area contributed by atoms with Crippen molar-refractivity contribution in [1.29, 1.82) is 0 Å². The second-order valence-corrected chi connectivity index (χ2v) is 6.97. The van der Waals surface area contributed by atoms with Crippen molar-refractivity contribution in [3.8, 4) is 0 Å². The highest BCUT2D eigenvalue weighted by Gasteiger charge is 2.20. The number of carbonyl (C=O) groups excluding carboxylic acids is 1. The van der Waals surface area contributed by atoms with Crippen LogP contribution < -0.4 is 10.2 Å². The average Bonchev–Trinajstić information content (AvgIpc) is 2.71. The molecule has 4 nitrogen and oxygen atoms in total. The van der Waals surface area contributed by atoms with Gasteiger partial charge >= 0.3 is 0 Å². The first-order chi connectivity index (χ1) is 13.2. The molecule has 0 aliphatic carbocycles. The van der Waals surface area contributed by atoms with Crippen molar-refractivity contribution in [2.24, 2.45) is 0 Å². The predicted octanol–water partition coefficient (Wildman–Crippen LogP) is 3.26. The summed E-state index contributed by atoms with van der Waals surface area (Å²) >= 11 is 0. The Morgan fingerprint density at radius 3 is 2.33 bits per heavy atom. The quantitative estimate of drug-likeness (QED) is 0.814. The Kier molecular flexibility index (Phi) is 6.82. The lowest BCUT2D eigenvalue weighted by Gasteiger charge is -2.36. The molecule has 2 aromatic rings. The summed E-state index contributed by atoms with van der Waals surface area (Å²) in [6, 6.07) is 16.6. The van der Waals surface area contributed by atoms with E-state index in [2.05, 4.69) is 15.1 Å². The number of nitrogens with one attached hydrogen (secondary N) is 1. The van der Waals surface area contributed by atoms with E-state index < -0.39 is 0 Å². The Morgan fingerprint density at radius 2 is 1.70 bits per heavy atom. The normalized spacial score (nSPS) is 16.1. The highest BCUT2D eigenvalue weighted by atomic mass is 19.1. The highest BCUT2D eigenvalue weighted by Crippen LogP contribution is 2.19. The molecule has 1 aliphatic rings. The fourth-order valence-electron chi connectivity index (χ4n) is 3.60. The summed E-state index contributed by atoms with van der Waals surface area (Å²) in [5, 5.41) is 3.09. The summed E-state index contributed by atoms with van der Waals surface area (Å²) in [6.45, 7) is 7.30. The van der Waals surface area contributed by atoms with E-state index in [1.54, 1.807) is 0 Å². The molecule has 0 spiro atoms. The minimum absolute atomic E-state index is 0.0819. The van der Waals surface area contributed by atoms with E-state index in [-0.39, 0.29) is 17.6 Å². The number of rotatable bonds is 7. The van der Waals surface area contributed by atoms with E-state index in [0.29, 0.717) is 6.54 Å². The van der Waals surface area contributed by atoms with Crippen LogP contribution in [0.5, 0.6) is 0 Å². The number of amides is 1. The van der Waals surface area contributed by atoms with Crippen molar-refractivity contribution in [3.63, 3.8) is 0 Å². The lowest BCUT2D eigenvalue weighted by atomic mass is 9.96. The first-order valence-electron chi connectivity index (χ1n) is 9.73. The molecular weight excluding hydrogens is 341 g/mol. The first kappa shape index (κ1) is 19.4. The SMILES string of the molecule is CC[C@H](C(=O)NCCN1CCN(c2ccc(F)cc2)CC1)c1ccccc1. The highest BCUT2D eigenvalue weighted by molar-refractivity contribution is 5.83. The summed E-state index contributed by atoms with van der Waals surface area (Å²) in [6.07, 6.45) is 0.798. The number of halogens is 1. The molecule has 27 heavy (non-hydrogen) atoms. The summed E-state index contributed by atoms with van der Waals surface area (Å²) in [4.78, 5) is 17.2. The van der Waals surface area contributed by atoms with Crippen LogP contribution in [0.4, 0.5) is 10.1 Å². The van der Waals surface area contributed by atoms with Crippen LogP contribution in [-0.4, -0.2) is 50.1 Å². The molecule has 0 aromatic heterocycles. The third-order valence-electron chi connectivity index (χ3n) is 5.22. The third-order valence-corrected chi connectivity index (χ3v) is 5.22. The van der Waals surface area contributed by atoms with E-state index in [1.807, 2.05) is 49.4 Å². The van der Waals surface area contributed by atoms with Crippen LogP contribution in [0.1, 0.15) is 24.8 Å². The van der Waals surface area contributed by atoms with Gasteiger partial charge in [0.25, 0.3) is 0 Å². The molecule has 1 amide bonds. The Hall–Kier alpha value is -2.40. The maximum Gasteiger partial charge on any atom is 0.227 e. The van der Waals surface area contributed by atoms with E-state index in [0.717, 1.165) is 50.4 Å². The van der Waals surface area contributed by atoms with Crippen LogP contribution in [-0.2, 0) is 4.79 Å². The fourth-order valence-corrected chi connectivity index (χ4v) is 3.60. The van der Waals surface area contributed by atoms with Crippen molar-refractivity contribution in [2.45, 2.75) is 19.3 Å². The van der Waals surface area contributed by atoms with Gasteiger partial charge in [-0.25, -0.2) is 4.39 Å². The second kappa shape index (κ2) is 9.51. The number of hydrogen-bond acceptors (Lipinski definition) is 3. The van der Waals surface area contributed by atoms with Crippen molar-refractivity contribution in [2.75, 3.05) is 44.2 Å². The van der Waals surface area contributed by atoms with Gasteiger partial charge in [-0.2, -0.15) is 0 Å². The zero-order valence-corrected chi connectivity index (χ0v) is 15.9. The van der Waals surface area contributed by atoms with Gasteiger partial charge in [0.15, 0.2) is 0 Å². The van der Waals surface area contributed by atoms with Crippen LogP contribution in [0.15, 0.2) is 54.6 Å². The van der Waals surface area contributed by atoms with Gasteiger partial charge in [-0.05, 0) is 36.2 Å². The third kappa shape index (κ3) is 5.30. The molecule has 2 aromatic carbocycles. The van der Waals surface area contributed by atoms with Gasteiger partial charge in [0.2, 0.25) is 5.91 Å². The van der Waals surface area contributed by atoms with E-state index in [4.69, 9.17) is 0 Å². The molecule has 1 fully saturated rings. The molecule has 5 heteroatoms. The number of carbonyl (C=O) groups is 1. The second-order valence-electron chi connectivity index (χ2n) is 6.97. The van der Waals surface area contributed by atoms with Gasteiger partial charge in [-0.15, -0.1) is 0 Å². The Bertz CT molecular complexity index is 712. The van der Waals surface area contributed by atoms with Crippen LogP contribution in [0.25, 0.3) is 0 Å². The first-order valence-corrected chi connectivity index (χ1v) is 9.73. The molecule has 1 N–H and O–H groups in total. The maximum atomic E-state index is 13.1. The van der Waals surface area contributed by atoms with Crippen molar-refractivity contribution in [1.82, 2.24) is 10.2 Å². The van der Waals surface area contributed by atoms with Crippen LogP contribution >= 0.6 is 0 Å². The molecule has 1 atom stereocenters. The summed E-state index contributed by atoms with van der Waals surface area (Å²) in [7, 11) is 0. The lowest BCUT2D eigenvalue weighted by Crippen LogP contribution is -2.48. The Balaban J connectivity index is 1.41. The molecule has 0 bridgehead atoms. The van der Waals surface area contributed by atoms with Gasteiger partial charge in [0.1, 0.15) is 5.82 Å². The average molecular weight is 369 g/mol. The number of piperazine rings is 1. The summed E-state index contributed by atoms with van der Waals surface area (Å²) < 4.78 is 13.1. The number of hydrogen-bond donors (Lipinski definition) is 1. The monoisotopic (exact) mass is 369 g/mol. The van der Waals surface area contributed by atoms with E-state index in [1.165, 1.54) is 12.1 Å². The molecule has 1 saturated heterocycles. The van der Waals surface area contributed by atoms with Gasteiger partial charge < -0.3 is 10.2 Å². The molecule has 1 aliphatic heterocycles. The summed E-state index contributed by atoms with van der Waals surface area (Å²) in [5.41, 5.74) is 2.14. The van der Waals surface area contributed by atoms with E-state index >= 15 is 0 Å². The summed E-state index contributed by atoms with van der Waals surface area (Å²) in [5.74, 6) is -0.177. The lowest BCUT2D eigenvalue weighted by molar-refractivity contribution is -0.122. The largest absolute Gasteiger partial charge is 0.369 e. The standard InChI is InChI=1S/C22H28FN3O/c1-2-21(18-6-4-3-5-7-18)22(27)24-12-13-25-14-16-26(17-15-25)20-10-8-19(23)9-11-20/h3-11,21H,2,12-17H2,1H3,(H,24,27)/t21-/m0/s1. The Labute approximate surface area is 161 Å². The fraction of sp³-hybridized carbons (Fsp3) is 0.409. The van der Waals surface area contributed by atoms with E-state index in [9.17, 15) is 9.18 Å². The predicted molar refractivity (Wildman–Crippen MR) is 108 cm³/mol. The van der Waals surface area contributed by atoms with Crippen LogP contribution in [0.2, 0.25) is 0 Å². The van der Waals surface area contributed by atoms with Crippen molar-refractivity contribution >= 4 is 11.6 Å². The smallest absolute Gasteiger partial charge is 0.227 e. The minimum atomic E-state index is -0.200. The van der Waals surface area contributed by atoms with Crippen molar-refractivity contribution in [3.05, 3.63) is 66.0 Å².